The molecule has 2 aromatic rings. The number of amides is 1. The number of H-pyrrole nitrogens is 1. The minimum Gasteiger partial charge on any atom is -0.461 e. The number of aromatic nitrogens is 2. The number of aromatic amines is 1. The van der Waals surface area contributed by atoms with E-state index in [1.807, 2.05) is 0 Å². The third-order valence-corrected chi connectivity index (χ3v) is 2.75. The molecule has 0 atom stereocenters. The first-order valence-electron chi connectivity index (χ1n) is 6.31. The van der Waals surface area contributed by atoms with Gasteiger partial charge in [0.25, 0.3) is 5.91 Å². The van der Waals surface area contributed by atoms with Gasteiger partial charge in [-0.05, 0) is 37.6 Å². The van der Waals surface area contributed by atoms with Crippen molar-refractivity contribution in [2.24, 2.45) is 0 Å². The molecule has 0 fully saturated rings. The average molecular weight is 291 g/mol. The van der Waals surface area contributed by atoms with E-state index in [1.165, 1.54) is 24.3 Å². The highest BCUT2D eigenvalue weighted by atomic mass is 19.1. The lowest BCUT2D eigenvalue weighted by Crippen LogP contribution is -2.13. The standard InChI is InChI=1S/C14H14FN3O3/c1-3-21-14(20)11-7-12(18-17-11)16-13(19)10-5-4-9(15)6-8(10)2/h4-7H,3H2,1-2H3,(H2,16,17,18,19). The summed E-state index contributed by atoms with van der Waals surface area (Å²) >= 11 is 0. The summed E-state index contributed by atoms with van der Waals surface area (Å²) < 4.78 is 17.8. The predicted octanol–water partition coefficient (Wildman–Crippen LogP) is 2.29. The first-order valence-corrected chi connectivity index (χ1v) is 6.31. The number of rotatable bonds is 4. The lowest BCUT2D eigenvalue weighted by Gasteiger charge is -2.05. The van der Waals surface area contributed by atoms with Crippen LogP contribution in [0.1, 0.15) is 33.3 Å². The Bertz CT molecular complexity index is 682. The summed E-state index contributed by atoms with van der Waals surface area (Å²) in [5, 5.41) is 8.80. The van der Waals surface area contributed by atoms with E-state index >= 15 is 0 Å². The van der Waals surface area contributed by atoms with Crippen LogP contribution in [0, 0.1) is 12.7 Å². The molecule has 1 heterocycles. The van der Waals surface area contributed by atoms with Crippen LogP contribution in [-0.2, 0) is 4.74 Å². The molecule has 0 unspecified atom stereocenters. The van der Waals surface area contributed by atoms with Crippen molar-refractivity contribution >= 4 is 17.7 Å². The quantitative estimate of drug-likeness (QED) is 0.846. The van der Waals surface area contributed by atoms with Gasteiger partial charge in [0.05, 0.1) is 6.61 Å². The van der Waals surface area contributed by atoms with Gasteiger partial charge >= 0.3 is 5.97 Å². The summed E-state index contributed by atoms with van der Waals surface area (Å²) in [5.74, 6) is -1.21. The number of halogens is 1. The van der Waals surface area contributed by atoms with E-state index in [0.717, 1.165) is 0 Å². The fourth-order valence-electron chi connectivity index (χ4n) is 1.76. The number of ether oxygens (including phenoxy) is 1. The summed E-state index contributed by atoms with van der Waals surface area (Å²) in [6.45, 7) is 3.56. The summed E-state index contributed by atoms with van der Waals surface area (Å²) in [7, 11) is 0. The van der Waals surface area contributed by atoms with Crippen LogP contribution in [0.5, 0.6) is 0 Å². The molecule has 0 aliphatic rings. The van der Waals surface area contributed by atoms with Gasteiger partial charge in [0.1, 0.15) is 11.5 Å². The minimum atomic E-state index is -0.552. The molecule has 2 rings (SSSR count). The molecule has 1 aromatic carbocycles. The maximum atomic E-state index is 13.0. The number of esters is 1. The molecule has 0 saturated heterocycles. The summed E-state index contributed by atoms with van der Waals surface area (Å²) in [6.07, 6.45) is 0. The van der Waals surface area contributed by atoms with Crippen molar-refractivity contribution in [2.75, 3.05) is 11.9 Å². The topological polar surface area (TPSA) is 84.1 Å². The van der Waals surface area contributed by atoms with Gasteiger partial charge in [-0.25, -0.2) is 9.18 Å². The third-order valence-electron chi connectivity index (χ3n) is 2.75. The number of nitrogens with one attached hydrogen (secondary N) is 2. The van der Waals surface area contributed by atoms with E-state index in [1.54, 1.807) is 13.8 Å². The Hall–Kier alpha value is -2.70. The van der Waals surface area contributed by atoms with Gasteiger partial charge in [-0.2, -0.15) is 5.10 Å². The van der Waals surface area contributed by atoms with E-state index < -0.39 is 17.7 Å². The summed E-state index contributed by atoms with van der Waals surface area (Å²) in [4.78, 5) is 23.5. The van der Waals surface area contributed by atoms with Gasteiger partial charge in [-0.3, -0.25) is 9.89 Å². The molecule has 0 saturated carbocycles. The Kier molecular flexibility index (Phi) is 4.32. The Balaban J connectivity index is 2.11. The number of carbonyl (C=O) groups is 2. The Morgan fingerprint density at radius 2 is 2.14 bits per heavy atom. The largest absolute Gasteiger partial charge is 0.461 e. The van der Waals surface area contributed by atoms with Crippen LogP contribution in [0.3, 0.4) is 0 Å². The molecule has 0 spiro atoms. The van der Waals surface area contributed by atoms with Crippen molar-refractivity contribution in [1.82, 2.24) is 10.2 Å². The highest BCUT2D eigenvalue weighted by molar-refractivity contribution is 6.05. The zero-order valence-electron chi connectivity index (χ0n) is 11.6. The van der Waals surface area contributed by atoms with Gasteiger partial charge in [-0.15, -0.1) is 0 Å². The molecule has 0 radical (unpaired) electrons. The lowest BCUT2D eigenvalue weighted by atomic mass is 10.1. The number of aryl methyl sites for hydroxylation is 1. The van der Waals surface area contributed by atoms with Gasteiger partial charge in [-0.1, -0.05) is 0 Å². The van der Waals surface area contributed by atoms with Gasteiger partial charge < -0.3 is 10.1 Å². The van der Waals surface area contributed by atoms with Crippen molar-refractivity contribution in [3.8, 4) is 0 Å². The monoisotopic (exact) mass is 291 g/mol. The van der Waals surface area contributed by atoms with Gasteiger partial charge in [0.2, 0.25) is 0 Å². The number of anilines is 1. The first kappa shape index (κ1) is 14.7. The second-order valence-electron chi connectivity index (χ2n) is 4.30. The van der Waals surface area contributed by atoms with E-state index in [2.05, 4.69) is 15.5 Å². The van der Waals surface area contributed by atoms with Crippen LogP contribution < -0.4 is 5.32 Å². The number of nitrogens with zero attached hydrogens (tertiary/aromatic N) is 1. The van der Waals surface area contributed by atoms with Crippen molar-refractivity contribution in [1.29, 1.82) is 0 Å². The summed E-state index contributed by atoms with van der Waals surface area (Å²) in [5.41, 5.74) is 0.980. The molecule has 6 nitrogen and oxygen atoms in total. The SMILES string of the molecule is CCOC(=O)c1cc(NC(=O)c2ccc(F)cc2C)n[nH]1. The number of hydrogen-bond acceptors (Lipinski definition) is 4. The minimum absolute atomic E-state index is 0.142. The van der Waals surface area contributed by atoms with Gasteiger partial charge in [0, 0.05) is 11.6 Å². The Morgan fingerprint density at radius 3 is 2.81 bits per heavy atom. The van der Waals surface area contributed by atoms with Crippen LogP contribution in [-0.4, -0.2) is 28.7 Å². The number of hydrogen-bond donors (Lipinski definition) is 2. The van der Waals surface area contributed by atoms with E-state index in [9.17, 15) is 14.0 Å². The molecule has 2 N–H and O–H groups in total. The highest BCUT2D eigenvalue weighted by Gasteiger charge is 2.14. The number of benzene rings is 1. The summed E-state index contributed by atoms with van der Waals surface area (Å²) in [6, 6.07) is 5.23. The van der Waals surface area contributed by atoms with E-state index in [4.69, 9.17) is 4.74 Å². The molecule has 0 aliphatic carbocycles. The third kappa shape index (κ3) is 3.44. The zero-order chi connectivity index (χ0) is 15.4. The predicted molar refractivity (Wildman–Crippen MR) is 73.6 cm³/mol. The van der Waals surface area contributed by atoms with Crippen LogP contribution in [0.15, 0.2) is 24.3 Å². The fourth-order valence-corrected chi connectivity index (χ4v) is 1.76. The lowest BCUT2D eigenvalue weighted by molar-refractivity contribution is 0.0519. The smallest absolute Gasteiger partial charge is 0.356 e. The molecule has 7 heteroatoms. The van der Waals surface area contributed by atoms with Crippen LogP contribution in [0.25, 0.3) is 0 Å². The Labute approximate surface area is 120 Å². The molecule has 0 aliphatic heterocycles. The molecule has 1 amide bonds. The molecular weight excluding hydrogens is 277 g/mol. The maximum Gasteiger partial charge on any atom is 0.356 e. The molecule has 21 heavy (non-hydrogen) atoms. The molecular formula is C14H14FN3O3. The highest BCUT2D eigenvalue weighted by Crippen LogP contribution is 2.13. The van der Waals surface area contributed by atoms with E-state index in [-0.39, 0.29) is 18.1 Å². The van der Waals surface area contributed by atoms with Crippen molar-refractivity contribution < 1.29 is 18.7 Å². The first-order chi connectivity index (χ1) is 10.0. The van der Waals surface area contributed by atoms with Crippen LogP contribution in [0.4, 0.5) is 10.2 Å². The molecule has 110 valence electrons. The maximum absolute atomic E-state index is 13.0. The van der Waals surface area contributed by atoms with Crippen LogP contribution in [0.2, 0.25) is 0 Å². The van der Waals surface area contributed by atoms with Crippen molar-refractivity contribution in [2.45, 2.75) is 13.8 Å². The molecule has 1 aromatic heterocycles. The zero-order valence-corrected chi connectivity index (χ0v) is 11.6. The van der Waals surface area contributed by atoms with Crippen molar-refractivity contribution in [3.63, 3.8) is 0 Å². The van der Waals surface area contributed by atoms with Crippen LogP contribution >= 0.6 is 0 Å². The van der Waals surface area contributed by atoms with E-state index in [0.29, 0.717) is 11.1 Å². The van der Waals surface area contributed by atoms with Gasteiger partial charge in [0.15, 0.2) is 5.82 Å². The second kappa shape index (κ2) is 6.17. The Morgan fingerprint density at radius 1 is 1.38 bits per heavy atom. The van der Waals surface area contributed by atoms with Crippen molar-refractivity contribution in [3.05, 3.63) is 46.9 Å². The molecule has 0 bridgehead atoms. The fraction of sp³-hybridized carbons (Fsp3) is 0.214. The second-order valence-corrected chi connectivity index (χ2v) is 4.30. The number of carbonyl (C=O) groups excluding carboxylic acids is 2. The average Bonchev–Trinajstić information content (AvgIpc) is 2.87. The normalized spacial score (nSPS) is 10.2.